The topological polar surface area (TPSA) is 81.6 Å². The van der Waals surface area contributed by atoms with Crippen LogP contribution in [0, 0.1) is 0 Å². The molecular formula is C11H16N2O3. The second-order valence-electron chi connectivity index (χ2n) is 3.48. The van der Waals surface area contributed by atoms with E-state index in [1.165, 1.54) is 6.92 Å². The highest BCUT2D eigenvalue weighted by Gasteiger charge is 2.02. The van der Waals surface area contributed by atoms with E-state index in [1.54, 1.807) is 18.2 Å². The summed E-state index contributed by atoms with van der Waals surface area (Å²) < 4.78 is 0. The highest BCUT2D eigenvalue weighted by molar-refractivity contribution is 5.89. The van der Waals surface area contributed by atoms with E-state index in [2.05, 4.69) is 10.6 Å². The third-order valence-electron chi connectivity index (χ3n) is 1.94. The standard InChI is InChI=1S/C11H16N2O3/c1-8(15)13-10-4-2-3-9(5-10)12-6-11(16)7-14/h2-5,11-12,14,16H,6-7H2,1H3,(H,13,15). The van der Waals surface area contributed by atoms with Crippen molar-refractivity contribution in [1.82, 2.24) is 0 Å². The second-order valence-corrected chi connectivity index (χ2v) is 3.48. The third-order valence-corrected chi connectivity index (χ3v) is 1.94. The smallest absolute Gasteiger partial charge is 0.221 e. The van der Waals surface area contributed by atoms with E-state index >= 15 is 0 Å². The lowest BCUT2D eigenvalue weighted by atomic mass is 10.2. The SMILES string of the molecule is CC(=O)Nc1cccc(NCC(O)CO)c1. The molecule has 0 aliphatic rings. The number of carbonyl (C=O) groups excluding carboxylic acids is 1. The minimum Gasteiger partial charge on any atom is -0.394 e. The average molecular weight is 224 g/mol. The van der Waals surface area contributed by atoms with Crippen molar-refractivity contribution in [3.63, 3.8) is 0 Å². The maximum atomic E-state index is 10.8. The van der Waals surface area contributed by atoms with Gasteiger partial charge in [-0.25, -0.2) is 0 Å². The fourth-order valence-corrected chi connectivity index (χ4v) is 1.21. The van der Waals surface area contributed by atoms with Crippen LogP contribution < -0.4 is 10.6 Å². The number of anilines is 2. The maximum Gasteiger partial charge on any atom is 0.221 e. The lowest BCUT2D eigenvalue weighted by Crippen LogP contribution is -2.22. The van der Waals surface area contributed by atoms with Gasteiger partial charge >= 0.3 is 0 Å². The number of nitrogens with one attached hydrogen (secondary N) is 2. The normalized spacial score (nSPS) is 11.9. The van der Waals surface area contributed by atoms with Gasteiger partial charge < -0.3 is 20.8 Å². The summed E-state index contributed by atoms with van der Waals surface area (Å²) in [6, 6.07) is 7.13. The molecule has 0 spiro atoms. The first-order chi connectivity index (χ1) is 7.61. The average Bonchev–Trinajstić information content (AvgIpc) is 2.25. The van der Waals surface area contributed by atoms with Crippen molar-refractivity contribution in [2.75, 3.05) is 23.8 Å². The summed E-state index contributed by atoms with van der Waals surface area (Å²) in [7, 11) is 0. The monoisotopic (exact) mass is 224 g/mol. The first-order valence-electron chi connectivity index (χ1n) is 5.02. The molecule has 4 N–H and O–H groups in total. The Bertz CT molecular complexity index is 355. The zero-order valence-corrected chi connectivity index (χ0v) is 9.10. The van der Waals surface area contributed by atoms with Gasteiger partial charge in [0.1, 0.15) is 0 Å². The van der Waals surface area contributed by atoms with Crippen molar-refractivity contribution in [3.05, 3.63) is 24.3 Å². The van der Waals surface area contributed by atoms with Crippen LogP contribution in [0.2, 0.25) is 0 Å². The second kappa shape index (κ2) is 6.09. The van der Waals surface area contributed by atoms with Gasteiger partial charge in [-0.15, -0.1) is 0 Å². The Morgan fingerprint density at radius 1 is 1.44 bits per heavy atom. The molecule has 0 aromatic heterocycles. The molecule has 5 heteroatoms. The van der Waals surface area contributed by atoms with Crippen LogP contribution in [-0.4, -0.2) is 35.4 Å². The number of amides is 1. The molecule has 0 saturated heterocycles. The summed E-state index contributed by atoms with van der Waals surface area (Å²) in [6.45, 7) is 1.42. The van der Waals surface area contributed by atoms with Gasteiger partial charge in [0.15, 0.2) is 0 Å². The largest absolute Gasteiger partial charge is 0.394 e. The molecule has 1 amide bonds. The lowest BCUT2D eigenvalue weighted by Gasteiger charge is -2.11. The predicted molar refractivity (Wildman–Crippen MR) is 62.3 cm³/mol. The summed E-state index contributed by atoms with van der Waals surface area (Å²) in [5, 5.41) is 23.4. The van der Waals surface area contributed by atoms with Gasteiger partial charge in [0.2, 0.25) is 5.91 Å². The van der Waals surface area contributed by atoms with E-state index in [1.807, 2.05) is 6.07 Å². The Morgan fingerprint density at radius 3 is 2.75 bits per heavy atom. The van der Waals surface area contributed by atoms with E-state index < -0.39 is 6.10 Å². The molecule has 0 heterocycles. The van der Waals surface area contributed by atoms with Crippen LogP contribution in [-0.2, 0) is 4.79 Å². The molecule has 5 nitrogen and oxygen atoms in total. The van der Waals surface area contributed by atoms with E-state index in [4.69, 9.17) is 10.2 Å². The van der Waals surface area contributed by atoms with Crippen molar-refractivity contribution in [2.45, 2.75) is 13.0 Å². The van der Waals surface area contributed by atoms with Crippen LogP contribution in [0.1, 0.15) is 6.92 Å². The zero-order valence-electron chi connectivity index (χ0n) is 9.10. The van der Waals surface area contributed by atoms with Crippen LogP contribution in [0.4, 0.5) is 11.4 Å². The molecule has 1 rings (SSSR count). The molecule has 0 fully saturated rings. The van der Waals surface area contributed by atoms with Crippen LogP contribution in [0.25, 0.3) is 0 Å². The van der Waals surface area contributed by atoms with Crippen molar-refractivity contribution >= 4 is 17.3 Å². The molecular weight excluding hydrogens is 208 g/mol. The Labute approximate surface area is 94.1 Å². The minimum atomic E-state index is -0.788. The Hall–Kier alpha value is -1.59. The molecule has 1 aromatic rings. The van der Waals surface area contributed by atoms with E-state index in [0.717, 1.165) is 5.69 Å². The van der Waals surface area contributed by atoms with Crippen molar-refractivity contribution < 1.29 is 15.0 Å². The van der Waals surface area contributed by atoms with Crippen LogP contribution in [0.15, 0.2) is 24.3 Å². The number of benzene rings is 1. The molecule has 1 aromatic carbocycles. The number of hydrogen-bond acceptors (Lipinski definition) is 4. The van der Waals surface area contributed by atoms with Crippen LogP contribution in [0.5, 0.6) is 0 Å². The molecule has 0 bridgehead atoms. The van der Waals surface area contributed by atoms with Crippen molar-refractivity contribution in [1.29, 1.82) is 0 Å². The first-order valence-corrected chi connectivity index (χ1v) is 5.02. The molecule has 0 aliphatic heterocycles. The van der Waals surface area contributed by atoms with E-state index in [-0.39, 0.29) is 19.1 Å². The first kappa shape index (κ1) is 12.5. The molecule has 0 saturated carbocycles. The Balaban J connectivity index is 2.56. The molecule has 1 atom stereocenters. The van der Waals surface area contributed by atoms with Gasteiger partial charge in [-0.05, 0) is 18.2 Å². The molecule has 1 unspecified atom stereocenters. The number of aliphatic hydroxyl groups excluding tert-OH is 2. The van der Waals surface area contributed by atoms with Gasteiger partial charge in [-0.3, -0.25) is 4.79 Å². The molecule has 16 heavy (non-hydrogen) atoms. The van der Waals surface area contributed by atoms with E-state index in [0.29, 0.717) is 5.69 Å². The Kier molecular flexibility index (Phi) is 4.75. The molecule has 0 aliphatic carbocycles. The van der Waals surface area contributed by atoms with E-state index in [9.17, 15) is 4.79 Å². The highest BCUT2D eigenvalue weighted by Crippen LogP contribution is 2.14. The maximum absolute atomic E-state index is 10.8. The fourth-order valence-electron chi connectivity index (χ4n) is 1.21. The van der Waals surface area contributed by atoms with Gasteiger partial charge in [0.25, 0.3) is 0 Å². The minimum absolute atomic E-state index is 0.132. The molecule has 88 valence electrons. The number of hydrogen-bond donors (Lipinski definition) is 4. The van der Waals surface area contributed by atoms with Gasteiger partial charge in [-0.1, -0.05) is 6.07 Å². The number of aliphatic hydroxyl groups is 2. The van der Waals surface area contributed by atoms with Crippen LogP contribution in [0.3, 0.4) is 0 Å². The summed E-state index contributed by atoms with van der Waals surface area (Å²) >= 11 is 0. The highest BCUT2D eigenvalue weighted by atomic mass is 16.3. The summed E-state index contributed by atoms with van der Waals surface area (Å²) in [6.07, 6.45) is -0.788. The third kappa shape index (κ3) is 4.29. The summed E-state index contributed by atoms with van der Waals surface area (Å²) in [5.41, 5.74) is 1.47. The summed E-state index contributed by atoms with van der Waals surface area (Å²) in [4.78, 5) is 10.8. The van der Waals surface area contributed by atoms with Gasteiger partial charge in [-0.2, -0.15) is 0 Å². The Morgan fingerprint density at radius 2 is 2.12 bits per heavy atom. The molecule has 0 radical (unpaired) electrons. The van der Waals surface area contributed by atoms with Gasteiger partial charge in [0.05, 0.1) is 12.7 Å². The quantitative estimate of drug-likeness (QED) is 0.584. The van der Waals surface area contributed by atoms with Crippen molar-refractivity contribution in [2.24, 2.45) is 0 Å². The summed E-state index contributed by atoms with van der Waals surface area (Å²) in [5.74, 6) is -0.132. The number of carbonyl (C=O) groups is 1. The van der Waals surface area contributed by atoms with Crippen molar-refractivity contribution in [3.8, 4) is 0 Å². The lowest BCUT2D eigenvalue weighted by molar-refractivity contribution is -0.114. The number of rotatable bonds is 5. The van der Waals surface area contributed by atoms with Crippen LogP contribution >= 0.6 is 0 Å². The fraction of sp³-hybridized carbons (Fsp3) is 0.364. The predicted octanol–water partition coefficient (Wildman–Crippen LogP) is 0.410. The van der Waals surface area contributed by atoms with Gasteiger partial charge in [0, 0.05) is 24.8 Å². The zero-order chi connectivity index (χ0) is 12.0.